The smallest absolute Gasteiger partial charge is 0.308 e. The van der Waals surface area contributed by atoms with Crippen LogP contribution >= 0.6 is 0 Å². The molecular formula is C32H37F3N2O7. The van der Waals surface area contributed by atoms with E-state index in [-0.39, 0.29) is 30.7 Å². The number of esters is 1. The predicted molar refractivity (Wildman–Crippen MR) is 160 cm³/mol. The molecule has 0 aliphatic rings. The number of ether oxygens (including phenoxy) is 3. The normalized spacial score (nSPS) is 9.57. The number of pyridine rings is 2. The molecular weight excluding hydrogens is 581 g/mol. The molecule has 2 N–H and O–H groups in total. The summed E-state index contributed by atoms with van der Waals surface area (Å²) in [5, 5.41) is 17.1. The average molecular weight is 620 g/mol. The first-order chi connectivity index (χ1) is 20.9. The van der Waals surface area contributed by atoms with Gasteiger partial charge in [0.15, 0.2) is 23.0 Å². The number of aromatic nitrogens is 2. The Morgan fingerprint density at radius 1 is 0.795 bits per heavy atom. The van der Waals surface area contributed by atoms with Crippen molar-refractivity contribution in [2.24, 2.45) is 0 Å². The van der Waals surface area contributed by atoms with Gasteiger partial charge in [0.05, 0.1) is 8.52 Å². The van der Waals surface area contributed by atoms with Gasteiger partial charge in [-0.2, -0.15) is 18.7 Å². The molecule has 2 heterocycles. The Morgan fingerprint density at radius 3 is 1.64 bits per heavy atom. The Bertz CT molecular complexity index is 1490. The number of carboxylic acids is 1. The fourth-order valence-electron chi connectivity index (χ4n) is 3.08. The predicted octanol–water partition coefficient (Wildman–Crippen LogP) is 8.09. The maximum Gasteiger partial charge on any atom is 0.308 e. The summed E-state index contributed by atoms with van der Waals surface area (Å²) in [7, 11) is -1.00. The molecule has 2 aromatic carbocycles. The number of carboxylic acid groups (broad SMARTS) is 1. The van der Waals surface area contributed by atoms with Crippen molar-refractivity contribution >= 4 is 11.9 Å². The molecule has 4 aromatic rings. The summed E-state index contributed by atoms with van der Waals surface area (Å²) >= 11 is 0. The number of phenols is 1. The molecule has 0 atom stereocenters. The summed E-state index contributed by atoms with van der Waals surface area (Å²) in [5.74, 6) is -1.43. The van der Waals surface area contributed by atoms with Gasteiger partial charge < -0.3 is 24.4 Å². The van der Waals surface area contributed by atoms with E-state index in [2.05, 4.69) is 9.97 Å². The molecule has 238 valence electrons. The number of alkyl halides is 1. The van der Waals surface area contributed by atoms with Gasteiger partial charge >= 0.3 is 5.97 Å². The molecule has 0 fully saturated rings. The lowest BCUT2D eigenvalue weighted by molar-refractivity contribution is -0.134. The summed E-state index contributed by atoms with van der Waals surface area (Å²) in [6.45, 7) is 6.37. The second-order valence-electron chi connectivity index (χ2n) is 8.20. The number of rotatable bonds is 7. The van der Waals surface area contributed by atoms with Crippen molar-refractivity contribution in [2.75, 3.05) is 7.15 Å². The maximum atomic E-state index is 13.0. The van der Waals surface area contributed by atoms with Crippen LogP contribution < -0.4 is 14.2 Å². The number of benzene rings is 2. The first-order valence-corrected chi connectivity index (χ1v) is 12.7. The molecule has 9 nitrogen and oxygen atoms in total. The number of carbonyl (C=O) groups excluding carboxylic acids is 1. The largest absolute Gasteiger partial charge is 0.504 e. The van der Waals surface area contributed by atoms with E-state index in [0.717, 1.165) is 30.9 Å². The Hall–Kier alpha value is -5.13. The molecule has 12 heteroatoms. The van der Waals surface area contributed by atoms with Gasteiger partial charge in [-0.05, 0) is 60.4 Å². The van der Waals surface area contributed by atoms with Gasteiger partial charge in [0.2, 0.25) is 23.7 Å². The van der Waals surface area contributed by atoms with Crippen molar-refractivity contribution < 1.29 is 48.6 Å². The lowest BCUT2D eigenvalue weighted by Gasteiger charge is -2.11. The van der Waals surface area contributed by atoms with Crippen LogP contribution in [0.2, 0.25) is 0 Å². The minimum Gasteiger partial charge on any atom is -0.504 e. The third-order valence-corrected chi connectivity index (χ3v) is 4.91. The minimum atomic E-state index is -1.00. The first-order valence-electron chi connectivity index (χ1n) is 13.4. The fraction of sp³-hybridized carbons (Fsp3) is 0.250. The molecule has 0 saturated heterocycles. The highest BCUT2D eigenvalue weighted by molar-refractivity contribution is 5.70. The third-order valence-electron chi connectivity index (χ3n) is 4.91. The molecule has 0 unspecified atom stereocenters. The SMILES string of the molecule is C.CC(=O)O.CCc1ccc(Oc2cccc(F)n2)c(O)c1.CCc1ccc(Oc2cccc(F)n2)c(OC(C)=O)c1.[2H]CF. The van der Waals surface area contributed by atoms with Crippen LogP contribution in [0, 0.1) is 11.9 Å². The zero-order valence-corrected chi connectivity index (χ0v) is 24.0. The Balaban J connectivity index is 0.000000706. The van der Waals surface area contributed by atoms with Crippen LogP contribution in [0.25, 0.3) is 0 Å². The van der Waals surface area contributed by atoms with Gasteiger partial charge in [0.25, 0.3) is 5.97 Å². The van der Waals surface area contributed by atoms with Crippen LogP contribution in [0.3, 0.4) is 0 Å². The number of aliphatic carboxylic acids is 1. The van der Waals surface area contributed by atoms with Crippen LogP contribution in [0.15, 0.2) is 72.8 Å². The van der Waals surface area contributed by atoms with Crippen LogP contribution in [0.1, 0.15) is 47.6 Å². The highest BCUT2D eigenvalue weighted by Gasteiger charge is 2.11. The van der Waals surface area contributed by atoms with E-state index < -0.39 is 31.0 Å². The number of hydrogen-bond donors (Lipinski definition) is 2. The molecule has 0 amide bonds. The van der Waals surface area contributed by atoms with E-state index in [4.69, 9.17) is 25.5 Å². The second-order valence-corrected chi connectivity index (χ2v) is 8.20. The number of aromatic hydroxyl groups is 1. The van der Waals surface area contributed by atoms with E-state index in [0.29, 0.717) is 11.5 Å². The molecule has 0 radical (unpaired) electrons. The Morgan fingerprint density at radius 2 is 1.23 bits per heavy atom. The fourth-order valence-corrected chi connectivity index (χ4v) is 3.08. The number of aryl methyl sites for hydroxylation is 2. The molecule has 0 bridgehead atoms. The minimum absolute atomic E-state index is 0. The topological polar surface area (TPSA) is 128 Å². The van der Waals surface area contributed by atoms with E-state index in [1.807, 2.05) is 26.0 Å². The monoisotopic (exact) mass is 619 g/mol. The van der Waals surface area contributed by atoms with Crippen molar-refractivity contribution in [2.45, 2.75) is 48.0 Å². The number of carbonyl (C=O) groups is 2. The van der Waals surface area contributed by atoms with E-state index in [1.165, 1.54) is 43.3 Å². The van der Waals surface area contributed by atoms with Crippen LogP contribution in [-0.4, -0.2) is 39.3 Å². The van der Waals surface area contributed by atoms with Gasteiger partial charge in [0, 0.05) is 26.0 Å². The molecule has 0 aliphatic heterocycles. The highest BCUT2D eigenvalue weighted by atomic mass is 19.1. The number of hydrogen-bond acceptors (Lipinski definition) is 8. The third kappa shape index (κ3) is 14.7. The molecule has 44 heavy (non-hydrogen) atoms. The summed E-state index contributed by atoms with van der Waals surface area (Å²) < 4.78 is 57.2. The van der Waals surface area contributed by atoms with E-state index >= 15 is 0 Å². The number of nitrogens with zero attached hydrogens (tertiary/aromatic N) is 2. The molecule has 0 spiro atoms. The summed E-state index contributed by atoms with van der Waals surface area (Å²) in [6, 6.07) is 18.8. The zero-order valence-electron chi connectivity index (χ0n) is 25.0. The van der Waals surface area contributed by atoms with Crippen LogP contribution in [0.4, 0.5) is 13.2 Å². The maximum absolute atomic E-state index is 13.0. The zero-order chi connectivity index (χ0) is 33.1. The Kier molecular flexibility index (Phi) is 17.4. The van der Waals surface area contributed by atoms with Crippen molar-refractivity contribution in [3.05, 3.63) is 95.8 Å². The van der Waals surface area contributed by atoms with Gasteiger partial charge in [-0.15, -0.1) is 0 Å². The average Bonchev–Trinajstić information content (AvgIpc) is 2.95. The highest BCUT2D eigenvalue weighted by Crippen LogP contribution is 2.32. The lowest BCUT2D eigenvalue weighted by Crippen LogP contribution is -2.03. The molecule has 0 aliphatic carbocycles. The summed E-state index contributed by atoms with van der Waals surface area (Å²) in [4.78, 5) is 27.3. The van der Waals surface area contributed by atoms with Gasteiger partial charge in [-0.25, -0.2) is 0 Å². The van der Waals surface area contributed by atoms with Crippen molar-refractivity contribution in [1.29, 1.82) is 0 Å². The number of phenolic OH excluding ortho intramolecular Hbond substituents is 1. The lowest BCUT2D eigenvalue weighted by atomic mass is 10.1. The summed E-state index contributed by atoms with van der Waals surface area (Å²) in [6.07, 6.45) is 1.62. The molecule has 0 saturated carbocycles. The van der Waals surface area contributed by atoms with Crippen molar-refractivity contribution in [3.8, 4) is 34.8 Å². The van der Waals surface area contributed by atoms with Crippen molar-refractivity contribution in [1.82, 2.24) is 9.97 Å². The quantitative estimate of drug-likeness (QED) is 0.120. The van der Waals surface area contributed by atoms with Gasteiger partial charge in [-0.1, -0.05) is 45.5 Å². The van der Waals surface area contributed by atoms with Gasteiger partial charge in [-0.3, -0.25) is 14.0 Å². The van der Waals surface area contributed by atoms with Gasteiger partial charge in [0.1, 0.15) is 0 Å². The standard InChI is InChI=1S/C15H14FNO3.C13H12FNO2.C2H4O2.CH3F.CH4/c1-3-11-7-8-12(13(9-11)19-10(2)18)20-15-6-4-5-14(16)17-15;1-2-9-6-7-11(10(16)8-9)17-13-5-3-4-12(14)15-13;1-2(3)4;1-2;/h4-9H,3H2,1-2H3;3-8,16H,2H2,1H3;1H3,(H,3,4);1H3;1H4/i;;;1D;. The summed E-state index contributed by atoms with van der Waals surface area (Å²) in [5.41, 5.74) is 2.00. The van der Waals surface area contributed by atoms with Crippen LogP contribution in [0.5, 0.6) is 34.8 Å². The molecule has 2 aromatic heterocycles. The second kappa shape index (κ2) is 20.7. The number of halogens is 3. The Labute approximate surface area is 256 Å². The van der Waals surface area contributed by atoms with Crippen molar-refractivity contribution in [3.63, 3.8) is 0 Å². The molecule has 4 rings (SSSR count). The van der Waals surface area contributed by atoms with E-state index in [1.54, 1.807) is 24.3 Å². The van der Waals surface area contributed by atoms with E-state index in [9.17, 15) is 23.1 Å². The van der Waals surface area contributed by atoms with Crippen LogP contribution in [-0.2, 0) is 22.4 Å². The first kappa shape index (κ1) is 36.9.